The number of methoxy groups -OCH3 is 1. The van der Waals surface area contributed by atoms with E-state index in [9.17, 15) is 9.90 Å². The summed E-state index contributed by atoms with van der Waals surface area (Å²) in [4.78, 5) is 12.0. The maximum Gasteiger partial charge on any atom is 0.213 e. The van der Waals surface area contributed by atoms with Crippen molar-refractivity contribution < 1.29 is 14.6 Å². The van der Waals surface area contributed by atoms with Crippen LogP contribution in [-0.2, 0) is 6.54 Å². The van der Waals surface area contributed by atoms with Crippen molar-refractivity contribution in [1.29, 1.82) is 0 Å². The maximum absolute atomic E-state index is 12.0. The van der Waals surface area contributed by atoms with Gasteiger partial charge in [0.25, 0.3) is 0 Å². The average Bonchev–Trinajstić information content (AvgIpc) is 2.69. The standard InChI is InChI=1S/C11H18N2O3/c1-5-13-9(8(16-4)6-12-13)11(15)10(14)7(2)3/h6-7,10,14H,5H2,1-4H3. The molecule has 5 heteroatoms. The minimum atomic E-state index is -1.02. The highest BCUT2D eigenvalue weighted by Crippen LogP contribution is 2.21. The van der Waals surface area contributed by atoms with Crippen LogP contribution in [-0.4, -0.2) is 33.9 Å². The number of hydrogen-bond acceptors (Lipinski definition) is 4. The summed E-state index contributed by atoms with van der Waals surface area (Å²) in [6.45, 7) is 6.03. The summed E-state index contributed by atoms with van der Waals surface area (Å²) in [5.74, 6) is -0.0600. The van der Waals surface area contributed by atoms with Crippen molar-refractivity contribution in [3.05, 3.63) is 11.9 Å². The highest BCUT2D eigenvalue weighted by Gasteiger charge is 2.27. The average molecular weight is 226 g/mol. The summed E-state index contributed by atoms with van der Waals surface area (Å²) in [6.07, 6.45) is 0.472. The van der Waals surface area contributed by atoms with E-state index in [1.54, 1.807) is 13.8 Å². The lowest BCUT2D eigenvalue weighted by Crippen LogP contribution is -2.28. The smallest absolute Gasteiger partial charge is 0.213 e. The molecule has 1 atom stereocenters. The molecule has 0 saturated carbocycles. The molecule has 5 nitrogen and oxygen atoms in total. The normalized spacial score (nSPS) is 12.9. The fourth-order valence-electron chi connectivity index (χ4n) is 1.45. The number of ether oxygens (including phenoxy) is 1. The van der Waals surface area contributed by atoms with Crippen LogP contribution < -0.4 is 4.74 Å². The summed E-state index contributed by atoms with van der Waals surface area (Å²) in [7, 11) is 1.48. The number of carbonyl (C=O) groups excluding carboxylic acids is 1. The maximum atomic E-state index is 12.0. The van der Waals surface area contributed by atoms with Crippen LogP contribution in [0.25, 0.3) is 0 Å². The summed E-state index contributed by atoms with van der Waals surface area (Å²) >= 11 is 0. The van der Waals surface area contributed by atoms with Gasteiger partial charge in [-0.3, -0.25) is 9.48 Å². The van der Waals surface area contributed by atoms with Gasteiger partial charge in [-0.1, -0.05) is 13.8 Å². The second-order valence-electron chi connectivity index (χ2n) is 3.93. The van der Waals surface area contributed by atoms with Gasteiger partial charge in [0.2, 0.25) is 5.78 Å². The van der Waals surface area contributed by atoms with Gasteiger partial charge in [0.1, 0.15) is 11.8 Å². The van der Waals surface area contributed by atoms with Crippen molar-refractivity contribution in [2.75, 3.05) is 7.11 Å². The predicted octanol–water partition coefficient (Wildman–Crippen LogP) is 1.11. The van der Waals surface area contributed by atoms with Crippen molar-refractivity contribution >= 4 is 5.78 Å². The van der Waals surface area contributed by atoms with E-state index < -0.39 is 6.10 Å². The third kappa shape index (κ3) is 2.24. The van der Waals surface area contributed by atoms with Crippen molar-refractivity contribution in [2.24, 2.45) is 5.92 Å². The Morgan fingerprint density at radius 1 is 1.62 bits per heavy atom. The van der Waals surface area contributed by atoms with Crippen molar-refractivity contribution in [3.63, 3.8) is 0 Å². The number of Topliss-reactive ketones (excluding diaryl/α,β-unsaturated/α-hetero) is 1. The molecule has 0 aliphatic carbocycles. The molecule has 1 N–H and O–H groups in total. The number of aromatic nitrogens is 2. The van der Waals surface area contributed by atoms with Crippen LogP contribution in [0.5, 0.6) is 5.75 Å². The van der Waals surface area contributed by atoms with Gasteiger partial charge < -0.3 is 9.84 Å². The number of carbonyl (C=O) groups is 1. The highest BCUT2D eigenvalue weighted by molar-refractivity contribution is 6.00. The Hall–Kier alpha value is -1.36. The molecule has 0 aliphatic heterocycles. The lowest BCUT2D eigenvalue weighted by atomic mass is 10.0. The monoisotopic (exact) mass is 226 g/mol. The minimum Gasteiger partial charge on any atom is -0.493 e. The van der Waals surface area contributed by atoms with Gasteiger partial charge in [-0.2, -0.15) is 5.10 Å². The third-order valence-electron chi connectivity index (χ3n) is 2.46. The first-order valence-corrected chi connectivity index (χ1v) is 5.35. The van der Waals surface area contributed by atoms with E-state index in [0.29, 0.717) is 18.0 Å². The van der Waals surface area contributed by atoms with E-state index in [4.69, 9.17) is 4.74 Å². The molecule has 1 heterocycles. The fraction of sp³-hybridized carbons (Fsp3) is 0.636. The van der Waals surface area contributed by atoms with Crippen LogP contribution in [0.1, 0.15) is 31.3 Å². The Morgan fingerprint density at radius 3 is 2.69 bits per heavy atom. The molecular formula is C11H18N2O3. The first-order valence-electron chi connectivity index (χ1n) is 5.35. The number of nitrogens with zero attached hydrogens (tertiary/aromatic N) is 2. The zero-order valence-electron chi connectivity index (χ0n) is 10.1. The number of rotatable bonds is 5. The molecule has 0 fully saturated rings. The summed E-state index contributed by atoms with van der Waals surface area (Å²) in [5, 5.41) is 13.8. The summed E-state index contributed by atoms with van der Waals surface area (Å²) < 4.78 is 6.60. The molecule has 0 saturated heterocycles. The Morgan fingerprint density at radius 2 is 2.25 bits per heavy atom. The molecule has 0 spiro atoms. The number of ketones is 1. The number of aryl methyl sites for hydroxylation is 1. The lowest BCUT2D eigenvalue weighted by molar-refractivity contribution is 0.0633. The van der Waals surface area contributed by atoms with Crippen LogP contribution in [0.15, 0.2) is 6.20 Å². The van der Waals surface area contributed by atoms with E-state index in [0.717, 1.165) is 0 Å². The first kappa shape index (κ1) is 12.7. The number of aliphatic hydroxyl groups excluding tert-OH is 1. The largest absolute Gasteiger partial charge is 0.493 e. The van der Waals surface area contributed by atoms with Gasteiger partial charge in [0.05, 0.1) is 13.3 Å². The van der Waals surface area contributed by atoms with Gasteiger partial charge in [-0.25, -0.2) is 0 Å². The molecule has 0 amide bonds. The third-order valence-corrected chi connectivity index (χ3v) is 2.46. The summed E-state index contributed by atoms with van der Waals surface area (Å²) in [5.41, 5.74) is 0.339. The van der Waals surface area contributed by atoms with Gasteiger partial charge >= 0.3 is 0 Å². The molecular weight excluding hydrogens is 208 g/mol. The van der Waals surface area contributed by atoms with E-state index in [2.05, 4.69) is 5.10 Å². The molecule has 1 rings (SSSR count). The van der Waals surface area contributed by atoms with E-state index in [1.807, 2.05) is 6.92 Å². The Labute approximate surface area is 95.0 Å². The molecule has 0 aromatic carbocycles. The Kier molecular flexibility index (Phi) is 4.06. The summed E-state index contributed by atoms with van der Waals surface area (Å²) in [6, 6.07) is 0. The van der Waals surface area contributed by atoms with Crippen LogP contribution in [0.2, 0.25) is 0 Å². The minimum absolute atomic E-state index is 0.127. The quantitative estimate of drug-likeness (QED) is 0.764. The van der Waals surface area contributed by atoms with Crippen molar-refractivity contribution in [2.45, 2.75) is 33.4 Å². The van der Waals surface area contributed by atoms with Gasteiger partial charge in [-0.15, -0.1) is 0 Å². The van der Waals surface area contributed by atoms with E-state index in [1.165, 1.54) is 18.0 Å². The SMILES string of the molecule is CCn1ncc(OC)c1C(=O)C(O)C(C)C. The van der Waals surface area contributed by atoms with E-state index in [-0.39, 0.29) is 11.7 Å². The molecule has 0 bridgehead atoms. The topological polar surface area (TPSA) is 64.4 Å². The zero-order chi connectivity index (χ0) is 12.3. The Balaban J connectivity index is 3.10. The first-order chi connectivity index (χ1) is 7.52. The number of hydrogen-bond donors (Lipinski definition) is 1. The second kappa shape index (κ2) is 5.12. The second-order valence-corrected chi connectivity index (χ2v) is 3.93. The molecule has 1 unspecified atom stereocenters. The van der Waals surface area contributed by atoms with Crippen LogP contribution in [0, 0.1) is 5.92 Å². The van der Waals surface area contributed by atoms with Crippen molar-refractivity contribution in [3.8, 4) is 5.75 Å². The molecule has 1 aromatic rings. The van der Waals surface area contributed by atoms with Crippen molar-refractivity contribution in [1.82, 2.24) is 9.78 Å². The zero-order valence-corrected chi connectivity index (χ0v) is 10.1. The van der Waals surface area contributed by atoms with Crippen LogP contribution in [0.4, 0.5) is 0 Å². The fourth-order valence-corrected chi connectivity index (χ4v) is 1.45. The molecule has 16 heavy (non-hydrogen) atoms. The lowest BCUT2D eigenvalue weighted by Gasteiger charge is -2.14. The Bertz CT molecular complexity index is 350. The van der Waals surface area contributed by atoms with Crippen LogP contribution >= 0.6 is 0 Å². The molecule has 0 aliphatic rings. The van der Waals surface area contributed by atoms with Gasteiger partial charge in [0, 0.05) is 6.54 Å². The van der Waals surface area contributed by atoms with Gasteiger partial charge in [0.15, 0.2) is 5.75 Å². The van der Waals surface area contributed by atoms with Gasteiger partial charge in [-0.05, 0) is 12.8 Å². The number of aliphatic hydroxyl groups is 1. The highest BCUT2D eigenvalue weighted by atomic mass is 16.5. The predicted molar refractivity (Wildman–Crippen MR) is 59.6 cm³/mol. The van der Waals surface area contributed by atoms with E-state index >= 15 is 0 Å². The molecule has 1 aromatic heterocycles. The molecule has 0 radical (unpaired) electrons. The van der Waals surface area contributed by atoms with Crippen LogP contribution in [0.3, 0.4) is 0 Å². The molecule has 90 valence electrons.